The second kappa shape index (κ2) is 5.28. The Labute approximate surface area is 145 Å². The van der Waals surface area contributed by atoms with Crippen molar-refractivity contribution in [3.63, 3.8) is 0 Å². The van der Waals surface area contributed by atoms with Crippen LogP contribution in [0.3, 0.4) is 0 Å². The molecular weight excluding hydrogens is 332 g/mol. The molecule has 2 heterocycles. The second-order valence-electron chi connectivity index (χ2n) is 6.46. The lowest BCUT2D eigenvalue weighted by molar-refractivity contribution is -0.121. The third-order valence-electron chi connectivity index (χ3n) is 3.82. The van der Waals surface area contributed by atoms with E-state index >= 15 is 0 Å². The third kappa shape index (κ3) is 2.47. The highest BCUT2D eigenvalue weighted by Crippen LogP contribution is 2.54. The van der Waals surface area contributed by atoms with Gasteiger partial charge in [-0.25, -0.2) is 0 Å². The molecule has 1 saturated heterocycles. The number of fused-ring (bicyclic) bond motifs is 1. The number of benzene rings is 1. The summed E-state index contributed by atoms with van der Waals surface area (Å²) in [4.78, 5) is 18.2. The molecule has 3 rings (SSSR count). The van der Waals surface area contributed by atoms with Crippen LogP contribution in [0.2, 0.25) is 0 Å². The van der Waals surface area contributed by atoms with Crippen LogP contribution in [0.5, 0.6) is 0 Å². The quantitative estimate of drug-likeness (QED) is 0.519. The lowest BCUT2D eigenvalue weighted by Crippen LogP contribution is -2.26. The molecule has 0 atom stereocenters. The normalized spacial score (nSPS) is 21.9. The molecule has 0 spiro atoms. The summed E-state index contributed by atoms with van der Waals surface area (Å²) in [5.41, 5.74) is 2.12. The van der Waals surface area contributed by atoms with Crippen molar-refractivity contribution in [1.29, 1.82) is 0 Å². The van der Waals surface area contributed by atoms with Gasteiger partial charge in [0.05, 0.1) is 4.24 Å². The minimum Gasteiger partial charge on any atom is -0.316 e. The summed E-state index contributed by atoms with van der Waals surface area (Å²) in [6.45, 7) is 6.63. The number of hydrogen-bond acceptors (Lipinski definition) is 4. The van der Waals surface area contributed by atoms with Gasteiger partial charge in [0.2, 0.25) is 0 Å². The van der Waals surface area contributed by atoms with E-state index in [1.54, 1.807) is 30.6 Å². The molecule has 0 bridgehead atoms. The number of rotatable bonds is 0. The average molecular weight is 351 g/mol. The molecule has 0 saturated carbocycles. The number of thioether (sulfide) groups is 2. The zero-order chi connectivity index (χ0) is 16.2. The van der Waals surface area contributed by atoms with Crippen molar-refractivity contribution >= 4 is 46.8 Å². The fourth-order valence-electron chi connectivity index (χ4n) is 2.39. The zero-order valence-electron chi connectivity index (χ0n) is 13.3. The number of nitrogens with zero attached hydrogens (tertiary/aromatic N) is 2. The SMILES string of the molecule is CN1C(=O)C(=C2Sc3ccc(C(C)(C)C)cc3S2)N(C)C1=S. The maximum Gasteiger partial charge on any atom is 0.278 e. The van der Waals surface area contributed by atoms with E-state index in [4.69, 9.17) is 12.2 Å². The Kier molecular flexibility index (Phi) is 3.82. The highest BCUT2D eigenvalue weighted by atomic mass is 32.2. The summed E-state index contributed by atoms with van der Waals surface area (Å²) in [6.07, 6.45) is 0. The molecule has 0 aliphatic carbocycles. The number of amides is 1. The lowest BCUT2D eigenvalue weighted by Gasteiger charge is -2.19. The van der Waals surface area contributed by atoms with Crippen LogP contribution >= 0.6 is 35.7 Å². The summed E-state index contributed by atoms with van der Waals surface area (Å²) in [7, 11) is 3.58. The first-order valence-corrected chi connectivity index (χ1v) is 9.04. The molecule has 1 fully saturated rings. The van der Waals surface area contributed by atoms with Crippen LogP contribution in [0.4, 0.5) is 0 Å². The van der Waals surface area contributed by atoms with Gasteiger partial charge in [-0.2, -0.15) is 0 Å². The second-order valence-corrected chi connectivity index (χ2v) is 9.19. The van der Waals surface area contributed by atoms with Crippen LogP contribution in [0.25, 0.3) is 0 Å². The van der Waals surface area contributed by atoms with Gasteiger partial charge in [0, 0.05) is 23.9 Å². The summed E-state index contributed by atoms with van der Waals surface area (Å²) in [6, 6.07) is 6.57. The van der Waals surface area contributed by atoms with Crippen molar-refractivity contribution < 1.29 is 4.79 Å². The molecule has 116 valence electrons. The van der Waals surface area contributed by atoms with Crippen LogP contribution in [-0.2, 0) is 10.2 Å². The van der Waals surface area contributed by atoms with E-state index in [1.807, 2.05) is 11.9 Å². The number of likely N-dealkylation sites (N-methyl/N-ethyl adjacent to an activating group) is 2. The smallest absolute Gasteiger partial charge is 0.278 e. The topological polar surface area (TPSA) is 23.6 Å². The maximum absolute atomic E-state index is 12.4. The first kappa shape index (κ1) is 15.9. The molecule has 1 aromatic carbocycles. The van der Waals surface area contributed by atoms with Crippen molar-refractivity contribution in [2.45, 2.75) is 36.0 Å². The van der Waals surface area contributed by atoms with E-state index in [0.29, 0.717) is 10.8 Å². The van der Waals surface area contributed by atoms with Crippen molar-refractivity contribution in [3.05, 3.63) is 33.7 Å². The highest BCUT2D eigenvalue weighted by Gasteiger charge is 2.37. The van der Waals surface area contributed by atoms with Crippen molar-refractivity contribution in [3.8, 4) is 0 Å². The van der Waals surface area contributed by atoms with Gasteiger partial charge in [-0.05, 0) is 35.3 Å². The Hall–Kier alpha value is -0.980. The van der Waals surface area contributed by atoms with E-state index in [9.17, 15) is 4.79 Å². The maximum atomic E-state index is 12.4. The minimum absolute atomic E-state index is 0.0219. The Bertz CT molecular complexity index is 719. The van der Waals surface area contributed by atoms with Crippen LogP contribution < -0.4 is 0 Å². The van der Waals surface area contributed by atoms with E-state index in [-0.39, 0.29) is 11.3 Å². The van der Waals surface area contributed by atoms with Crippen molar-refractivity contribution in [1.82, 2.24) is 9.80 Å². The Morgan fingerprint density at radius 3 is 2.23 bits per heavy atom. The molecule has 2 aliphatic rings. The van der Waals surface area contributed by atoms with Crippen molar-refractivity contribution in [2.24, 2.45) is 0 Å². The molecule has 0 radical (unpaired) electrons. The fourth-order valence-corrected chi connectivity index (χ4v) is 5.21. The third-order valence-corrected chi connectivity index (χ3v) is 6.89. The van der Waals surface area contributed by atoms with Crippen LogP contribution in [-0.4, -0.2) is 34.9 Å². The summed E-state index contributed by atoms with van der Waals surface area (Å²) in [5, 5.41) is 0.556. The summed E-state index contributed by atoms with van der Waals surface area (Å²) < 4.78 is 1.01. The first-order chi connectivity index (χ1) is 10.2. The fraction of sp³-hybridized carbons (Fsp3) is 0.375. The van der Waals surface area contributed by atoms with E-state index in [2.05, 4.69) is 39.0 Å². The molecule has 6 heteroatoms. The summed E-state index contributed by atoms with van der Waals surface area (Å²) in [5.74, 6) is -0.0219. The molecular formula is C16H18N2OS3. The predicted molar refractivity (Wildman–Crippen MR) is 97.0 cm³/mol. The van der Waals surface area contributed by atoms with Gasteiger partial charge in [0.25, 0.3) is 5.91 Å². The molecule has 3 nitrogen and oxygen atoms in total. The lowest BCUT2D eigenvalue weighted by atomic mass is 9.87. The van der Waals surface area contributed by atoms with Gasteiger partial charge in [-0.1, -0.05) is 50.4 Å². The van der Waals surface area contributed by atoms with Gasteiger partial charge in [0.15, 0.2) is 5.11 Å². The minimum atomic E-state index is -0.0219. The van der Waals surface area contributed by atoms with Gasteiger partial charge >= 0.3 is 0 Å². The van der Waals surface area contributed by atoms with Crippen LogP contribution in [0.1, 0.15) is 26.3 Å². The van der Waals surface area contributed by atoms with E-state index in [1.165, 1.54) is 20.3 Å². The van der Waals surface area contributed by atoms with Crippen molar-refractivity contribution in [2.75, 3.05) is 14.1 Å². The molecule has 0 aromatic heterocycles. The number of thiocarbonyl (C=S) groups is 1. The Morgan fingerprint density at radius 2 is 1.68 bits per heavy atom. The number of carbonyl (C=O) groups excluding carboxylic acids is 1. The molecule has 22 heavy (non-hydrogen) atoms. The standard InChI is InChI=1S/C16H18N2OS3/c1-16(2,3)9-6-7-10-11(8-9)22-14(21-10)12-13(19)18(5)15(20)17(12)4/h6-8H,1-5H3. The van der Waals surface area contributed by atoms with E-state index < -0.39 is 0 Å². The highest BCUT2D eigenvalue weighted by molar-refractivity contribution is 8.24. The largest absolute Gasteiger partial charge is 0.316 e. The summed E-state index contributed by atoms with van der Waals surface area (Å²) >= 11 is 8.62. The van der Waals surface area contributed by atoms with Gasteiger partial charge < -0.3 is 4.90 Å². The molecule has 2 aliphatic heterocycles. The average Bonchev–Trinajstić information content (AvgIpc) is 2.93. The molecule has 0 N–H and O–H groups in total. The number of hydrogen-bond donors (Lipinski definition) is 0. The monoisotopic (exact) mass is 350 g/mol. The van der Waals surface area contributed by atoms with Gasteiger partial charge in [-0.15, -0.1) is 0 Å². The predicted octanol–water partition coefficient (Wildman–Crippen LogP) is 4.04. The molecule has 1 aromatic rings. The Morgan fingerprint density at radius 1 is 1.05 bits per heavy atom. The van der Waals surface area contributed by atoms with Crippen LogP contribution in [0, 0.1) is 0 Å². The Balaban J connectivity index is 2.00. The number of carbonyl (C=O) groups is 1. The van der Waals surface area contributed by atoms with Gasteiger partial charge in [-0.3, -0.25) is 9.69 Å². The molecule has 1 amide bonds. The first-order valence-electron chi connectivity index (χ1n) is 7.00. The van der Waals surface area contributed by atoms with Crippen LogP contribution in [0.15, 0.2) is 37.9 Å². The zero-order valence-corrected chi connectivity index (χ0v) is 15.7. The van der Waals surface area contributed by atoms with Gasteiger partial charge in [0.1, 0.15) is 5.70 Å². The molecule has 0 unspecified atom stereocenters. The van der Waals surface area contributed by atoms with E-state index in [0.717, 1.165) is 4.24 Å².